The summed E-state index contributed by atoms with van der Waals surface area (Å²) in [6, 6.07) is 19.4. The van der Waals surface area contributed by atoms with Crippen molar-refractivity contribution in [2.24, 2.45) is 0 Å². The predicted molar refractivity (Wildman–Crippen MR) is 86.9 cm³/mol. The average molecular weight is 292 g/mol. The summed E-state index contributed by atoms with van der Waals surface area (Å²) in [4.78, 5) is 16.1. The molecule has 0 atom stereocenters. The first-order valence-electron chi connectivity index (χ1n) is 7.14. The molecule has 0 saturated carbocycles. The van der Waals surface area contributed by atoms with Crippen LogP contribution in [-0.2, 0) is 11.2 Å². The van der Waals surface area contributed by atoms with Crippen LogP contribution in [0.25, 0.3) is 10.8 Å². The van der Waals surface area contributed by atoms with Gasteiger partial charge in [0, 0.05) is 23.7 Å². The topological polar surface area (TPSA) is 51.2 Å². The molecule has 22 heavy (non-hydrogen) atoms. The van der Waals surface area contributed by atoms with Crippen LogP contribution in [0.5, 0.6) is 0 Å². The fourth-order valence-electron chi connectivity index (χ4n) is 2.27. The number of carbonyl (C=O) groups is 1. The zero-order valence-corrected chi connectivity index (χ0v) is 12.0. The maximum Gasteiger partial charge on any atom is 0.411 e. The molecule has 3 rings (SSSR count). The third-order valence-corrected chi connectivity index (χ3v) is 3.34. The van der Waals surface area contributed by atoms with Crippen molar-refractivity contribution in [2.75, 3.05) is 11.9 Å². The molecule has 2 aromatic carbocycles. The Hall–Kier alpha value is -2.88. The summed E-state index contributed by atoms with van der Waals surface area (Å²) < 4.78 is 5.21. The lowest BCUT2D eigenvalue weighted by atomic mass is 10.1. The third-order valence-electron chi connectivity index (χ3n) is 3.34. The van der Waals surface area contributed by atoms with Gasteiger partial charge in [-0.1, -0.05) is 42.5 Å². The maximum atomic E-state index is 11.9. The zero-order valence-electron chi connectivity index (χ0n) is 12.0. The Morgan fingerprint density at radius 2 is 1.82 bits per heavy atom. The molecule has 1 N–H and O–H groups in total. The lowest BCUT2D eigenvalue weighted by molar-refractivity contribution is 0.162. The van der Waals surface area contributed by atoms with E-state index in [1.165, 1.54) is 0 Å². The molecule has 0 radical (unpaired) electrons. The van der Waals surface area contributed by atoms with Crippen molar-refractivity contribution in [3.05, 3.63) is 72.6 Å². The largest absolute Gasteiger partial charge is 0.449 e. The summed E-state index contributed by atoms with van der Waals surface area (Å²) in [6.45, 7) is 0.299. The number of pyridine rings is 1. The first kappa shape index (κ1) is 14.1. The van der Waals surface area contributed by atoms with Crippen LogP contribution >= 0.6 is 0 Å². The molecular formula is C18H16N2O2. The van der Waals surface area contributed by atoms with E-state index in [1.54, 1.807) is 6.20 Å². The van der Waals surface area contributed by atoms with Crippen LogP contribution in [0.3, 0.4) is 0 Å². The highest BCUT2D eigenvalue weighted by Gasteiger charge is 2.06. The Morgan fingerprint density at radius 1 is 1.00 bits per heavy atom. The van der Waals surface area contributed by atoms with E-state index in [-0.39, 0.29) is 0 Å². The van der Waals surface area contributed by atoms with Gasteiger partial charge >= 0.3 is 6.09 Å². The molecule has 4 nitrogen and oxygen atoms in total. The molecule has 0 bridgehead atoms. The smallest absolute Gasteiger partial charge is 0.411 e. The Labute approximate surface area is 128 Å². The van der Waals surface area contributed by atoms with E-state index in [4.69, 9.17) is 4.74 Å². The van der Waals surface area contributed by atoms with E-state index >= 15 is 0 Å². The van der Waals surface area contributed by atoms with Crippen LogP contribution in [0.1, 0.15) is 5.69 Å². The van der Waals surface area contributed by atoms with Crippen molar-refractivity contribution < 1.29 is 9.53 Å². The van der Waals surface area contributed by atoms with Crippen molar-refractivity contribution >= 4 is 22.6 Å². The van der Waals surface area contributed by atoms with Crippen LogP contribution in [0.4, 0.5) is 10.5 Å². The summed E-state index contributed by atoms with van der Waals surface area (Å²) in [5.74, 6) is 0. The van der Waals surface area contributed by atoms with Crippen LogP contribution in [0.15, 0.2) is 66.9 Å². The molecule has 1 heterocycles. The van der Waals surface area contributed by atoms with Crippen molar-refractivity contribution in [2.45, 2.75) is 6.42 Å². The van der Waals surface area contributed by atoms with Gasteiger partial charge in [-0.05, 0) is 23.6 Å². The second-order valence-electron chi connectivity index (χ2n) is 4.86. The minimum Gasteiger partial charge on any atom is -0.449 e. The lowest BCUT2D eigenvalue weighted by Gasteiger charge is -2.09. The van der Waals surface area contributed by atoms with Gasteiger partial charge in [-0.2, -0.15) is 0 Å². The van der Waals surface area contributed by atoms with Gasteiger partial charge in [-0.15, -0.1) is 0 Å². The number of hydrogen-bond donors (Lipinski definition) is 1. The number of nitrogens with one attached hydrogen (secondary N) is 1. The molecule has 0 unspecified atom stereocenters. The van der Waals surface area contributed by atoms with E-state index in [9.17, 15) is 4.79 Å². The molecule has 0 saturated heterocycles. The highest BCUT2D eigenvalue weighted by Crippen LogP contribution is 2.22. The average Bonchev–Trinajstić information content (AvgIpc) is 2.56. The minimum absolute atomic E-state index is 0.299. The van der Waals surface area contributed by atoms with E-state index in [2.05, 4.69) is 10.3 Å². The van der Waals surface area contributed by atoms with Crippen molar-refractivity contribution in [3.8, 4) is 0 Å². The number of nitrogens with zero attached hydrogens (tertiary/aromatic N) is 1. The van der Waals surface area contributed by atoms with Gasteiger partial charge in [0.25, 0.3) is 0 Å². The standard InChI is InChI=1S/C18H16N2O2/c21-18(22-13-11-15-8-3-4-12-19-15)20-17-10-5-7-14-6-1-2-9-16(14)17/h1-10,12H,11,13H2,(H,20,21). The molecule has 0 fully saturated rings. The number of hydrogen-bond acceptors (Lipinski definition) is 3. The monoisotopic (exact) mass is 292 g/mol. The second kappa shape index (κ2) is 6.72. The number of anilines is 1. The molecule has 1 amide bonds. The zero-order chi connectivity index (χ0) is 15.2. The summed E-state index contributed by atoms with van der Waals surface area (Å²) in [6.07, 6.45) is 1.88. The highest BCUT2D eigenvalue weighted by atomic mass is 16.5. The number of aromatic nitrogens is 1. The first-order chi connectivity index (χ1) is 10.8. The van der Waals surface area contributed by atoms with Crippen LogP contribution < -0.4 is 5.32 Å². The fourth-order valence-corrected chi connectivity index (χ4v) is 2.27. The van der Waals surface area contributed by atoms with E-state index in [1.807, 2.05) is 60.7 Å². The van der Waals surface area contributed by atoms with Gasteiger partial charge in [0.2, 0.25) is 0 Å². The molecule has 110 valence electrons. The van der Waals surface area contributed by atoms with Gasteiger partial charge < -0.3 is 4.74 Å². The van der Waals surface area contributed by atoms with Gasteiger partial charge in [0.05, 0.1) is 12.3 Å². The van der Waals surface area contributed by atoms with Crippen molar-refractivity contribution in [1.29, 1.82) is 0 Å². The van der Waals surface area contributed by atoms with Crippen LogP contribution in [-0.4, -0.2) is 17.7 Å². The number of carbonyl (C=O) groups excluding carboxylic acids is 1. The van der Waals surface area contributed by atoms with E-state index in [0.29, 0.717) is 13.0 Å². The molecule has 0 aliphatic rings. The Balaban J connectivity index is 1.59. The second-order valence-corrected chi connectivity index (χ2v) is 4.86. The highest BCUT2D eigenvalue weighted by molar-refractivity contribution is 6.00. The Kier molecular flexibility index (Phi) is 4.30. The molecule has 3 aromatic rings. The normalized spacial score (nSPS) is 10.4. The minimum atomic E-state index is -0.452. The van der Waals surface area contributed by atoms with Crippen LogP contribution in [0, 0.1) is 0 Å². The number of ether oxygens (including phenoxy) is 1. The molecule has 0 aliphatic heterocycles. The number of fused-ring (bicyclic) bond motifs is 1. The van der Waals surface area contributed by atoms with Gasteiger partial charge in [0.15, 0.2) is 0 Å². The van der Waals surface area contributed by atoms with E-state index in [0.717, 1.165) is 22.2 Å². The number of rotatable bonds is 4. The molecule has 0 aliphatic carbocycles. The molecule has 4 heteroatoms. The number of benzene rings is 2. The molecular weight excluding hydrogens is 276 g/mol. The first-order valence-corrected chi connectivity index (χ1v) is 7.14. The Morgan fingerprint density at radius 3 is 2.68 bits per heavy atom. The summed E-state index contributed by atoms with van der Waals surface area (Å²) in [5.41, 5.74) is 1.65. The number of amides is 1. The SMILES string of the molecule is O=C(Nc1cccc2ccccc12)OCCc1ccccn1. The maximum absolute atomic E-state index is 11.9. The van der Waals surface area contributed by atoms with Gasteiger partial charge in [-0.3, -0.25) is 10.3 Å². The quantitative estimate of drug-likeness (QED) is 0.790. The summed E-state index contributed by atoms with van der Waals surface area (Å²) in [5, 5.41) is 4.86. The van der Waals surface area contributed by atoms with Crippen molar-refractivity contribution in [1.82, 2.24) is 4.98 Å². The summed E-state index contributed by atoms with van der Waals surface area (Å²) >= 11 is 0. The predicted octanol–water partition coefficient (Wildman–Crippen LogP) is 4.03. The molecule has 1 aromatic heterocycles. The van der Waals surface area contributed by atoms with E-state index < -0.39 is 6.09 Å². The molecule has 0 spiro atoms. The lowest BCUT2D eigenvalue weighted by Crippen LogP contribution is -2.15. The van der Waals surface area contributed by atoms with Crippen molar-refractivity contribution in [3.63, 3.8) is 0 Å². The van der Waals surface area contributed by atoms with Crippen LogP contribution in [0.2, 0.25) is 0 Å². The third kappa shape index (κ3) is 3.41. The Bertz CT molecular complexity index is 767. The van der Waals surface area contributed by atoms with Gasteiger partial charge in [0.1, 0.15) is 0 Å². The van der Waals surface area contributed by atoms with Gasteiger partial charge in [-0.25, -0.2) is 4.79 Å². The fraction of sp³-hybridized carbons (Fsp3) is 0.111. The summed E-state index contributed by atoms with van der Waals surface area (Å²) in [7, 11) is 0.